The van der Waals surface area contributed by atoms with E-state index in [0.29, 0.717) is 27.9 Å². The van der Waals surface area contributed by atoms with Gasteiger partial charge in [-0.2, -0.15) is 0 Å². The summed E-state index contributed by atoms with van der Waals surface area (Å²) < 4.78 is 0. The molecule has 1 N–H and O–H groups in total. The molecule has 3 aromatic carbocycles. The second-order valence-corrected chi connectivity index (χ2v) is 10.3. The predicted molar refractivity (Wildman–Crippen MR) is 143 cm³/mol. The van der Waals surface area contributed by atoms with Crippen LogP contribution in [0.2, 0.25) is 0 Å². The van der Waals surface area contributed by atoms with Gasteiger partial charge in [-0.25, -0.2) is 4.98 Å². The number of benzene rings is 3. The first-order valence-electron chi connectivity index (χ1n) is 11.6. The Balaban J connectivity index is 1.49. The normalized spacial score (nSPS) is 15.1. The summed E-state index contributed by atoms with van der Waals surface area (Å²) in [5.41, 5.74) is 3.43. The second kappa shape index (κ2) is 9.54. The van der Waals surface area contributed by atoms with Gasteiger partial charge in [-0.1, -0.05) is 84.6 Å². The summed E-state index contributed by atoms with van der Waals surface area (Å²) in [4.78, 5) is 32.9. The average Bonchev–Trinajstić information content (AvgIpc) is 2.90. The Morgan fingerprint density at radius 2 is 1.44 bits per heavy atom. The lowest BCUT2D eigenvalue weighted by molar-refractivity contribution is -0.126. The third kappa shape index (κ3) is 4.35. The summed E-state index contributed by atoms with van der Waals surface area (Å²) >= 11 is 1.23. The minimum Gasteiger partial charge on any atom is -0.322 e. The van der Waals surface area contributed by atoms with Crippen molar-refractivity contribution in [1.29, 1.82) is 0 Å². The average molecular weight is 496 g/mol. The highest BCUT2D eigenvalue weighted by Gasteiger charge is 2.44. The van der Waals surface area contributed by atoms with Crippen LogP contribution in [0.4, 0.5) is 11.4 Å². The molecule has 0 bridgehead atoms. The standard InChI is InChI=1S/C28H25N5O2S/c1-18(25(34)33-22-17-11-10-16-21(22)29-26(35)28(33,2)3)36-27-30-23(19-12-6-4-7-13-19)24(31-32-27)20-14-8-5-9-15-20/h4-18H,1-3H3,(H,29,35). The van der Waals surface area contributed by atoms with Gasteiger partial charge in [-0.15, -0.1) is 10.2 Å². The van der Waals surface area contributed by atoms with Crippen LogP contribution in [0, 0.1) is 0 Å². The van der Waals surface area contributed by atoms with E-state index in [4.69, 9.17) is 4.98 Å². The highest BCUT2D eigenvalue weighted by molar-refractivity contribution is 8.00. The number of carbonyl (C=O) groups excluding carboxylic acids is 2. The minimum atomic E-state index is -1.05. The molecule has 1 atom stereocenters. The molecule has 0 fully saturated rings. The quantitative estimate of drug-likeness (QED) is 0.371. The zero-order chi connectivity index (χ0) is 25.3. The number of amides is 2. The Morgan fingerprint density at radius 3 is 2.11 bits per heavy atom. The fourth-order valence-corrected chi connectivity index (χ4v) is 4.94. The van der Waals surface area contributed by atoms with Crippen molar-refractivity contribution in [3.8, 4) is 22.5 Å². The fourth-order valence-electron chi connectivity index (χ4n) is 4.19. The third-order valence-electron chi connectivity index (χ3n) is 6.12. The fraction of sp³-hybridized carbons (Fsp3) is 0.179. The van der Waals surface area contributed by atoms with Crippen molar-refractivity contribution in [2.45, 2.75) is 36.7 Å². The molecule has 2 amide bonds. The number of fused-ring (bicyclic) bond motifs is 1. The van der Waals surface area contributed by atoms with Crippen LogP contribution in [0.1, 0.15) is 20.8 Å². The maximum atomic E-state index is 13.7. The van der Waals surface area contributed by atoms with Crippen LogP contribution in [0.15, 0.2) is 90.1 Å². The predicted octanol–water partition coefficient (Wildman–Crippen LogP) is 5.45. The molecule has 2 heterocycles. The number of nitrogens with zero attached hydrogens (tertiary/aromatic N) is 4. The van der Waals surface area contributed by atoms with Crippen molar-refractivity contribution >= 4 is 35.0 Å². The first kappa shape index (κ1) is 23.7. The molecular formula is C28H25N5O2S. The number of para-hydroxylation sites is 2. The van der Waals surface area contributed by atoms with Crippen molar-refractivity contribution in [2.75, 3.05) is 10.2 Å². The van der Waals surface area contributed by atoms with Crippen LogP contribution >= 0.6 is 11.8 Å². The van der Waals surface area contributed by atoms with Gasteiger partial charge in [-0.05, 0) is 32.9 Å². The van der Waals surface area contributed by atoms with E-state index in [2.05, 4.69) is 15.5 Å². The molecule has 5 rings (SSSR count). The maximum Gasteiger partial charge on any atom is 0.250 e. The number of carbonyl (C=O) groups is 2. The lowest BCUT2D eigenvalue weighted by Gasteiger charge is -2.42. The summed E-state index contributed by atoms with van der Waals surface area (Å²) in [5.74, 6) is -0.437. The van der Waals surface area contributed by atoms with E-state index < -0.39 is 10.8 Å². The monoisotopic (exact) mass is 495 g/mol. The molecule has 0 saturated carbocycles. The van der Waals surface area contributed by atoms with Crippen molar-refractivity contribution in [2.24, 2.45) is 0 Å². The molecule has 36 heavy (non-hydrogen) atoms. The number of aromatic nitrogens is 3. The molecule has 0 spiro atoms. The number of thioether (sulfide) groups is 1. The van der Waals surface area contributed by atoms with E-state index in [0.717, 1.165) is 11.1 Å². The first-order chi connectivity index (χ1) is 17.4. The summed E-state index contributed by atoms with van der Waals surface area (Å²) in [6.45, 7) is 5.29. The molecule has 8 heteroatoms. The number of rotatable bonds is 5. The molecule has 0 aliphatic carbocycles. The van der Waals surface area contributed by atoms with Gasteiger partial charge in [0.25, 0.3) is 0 Å². The molecular weight excluding hydrogens is 470 g/mol. The van der Waals surface area contributed by atoms with Gasteiger partial charge in [0.05, 0.1) is 16.6 Å². The highest BCUT2D eigenvalue weighted by atomic mass is 32.2. The van der Waals surface area contributed by atoms with E-state index in [1.165, 1.54) is 11.8 Å². The minimum absolute atomic E-state index is 0.204. The summed E-state index contributed by atoms with van der Waals surface area (Å²) in [6, 6.07) is 26.9. The van der Waals surface area contributed by atoms with Crippen LogP contribution in [-0.2, 0) is 9.59 Å². The zero-order valence-corrected chi connectivity index (χ0v) is 21.0. The smallest absolute Gasteiger partial charge is 0.250 e. The lowest BCUT2D eigenvalue weighted by atomic mass is 9.96. The Hall–Kier alpha value is -4.04. The van der Waals surface area contributed by atoms with E-state index in [1.54, 1.807) is 31.7 Å². The first-order valence-corrected chi connectivity index (χ1v) is 12.5. The number of hydrogen-bond acceptors (Lipinski definition) is 6. The Labute approximate surface area is 214 Å². The SMILES string of the molecule is CC(Sc1nnc(-c2ccccc2)c(-c2ccccc2)n1)C(=O)N1c2ccccc2NC(=O)C1(C)C. The molecule has 4 aromatic rings. The van der Waals surface area contributed by atoms with Crippen LogP contribution in [0.25, 0.3) is 22.5 Å². The summed E-state index contributed by atoms with van der Waals surface area (Å²) in [7, 11) is 0. The summed E-state index contributed by atoms with van der Waals surface area (Å²) in [5, 5.41) is 11.6. The van der Waals surface area contributed by atoms with Gasteiger partial charge in [0.15, 0.2) is 0 Å². The van der Waals surface area contributed by atoms with E-state index in [9.17, 15) is 9.59 Å². The second-order valence-electron chi connectivity index (χ2n) is 8.99. The van der Waals surface area contributed by atoms with E-state index in [1.807, 2.05) is 78.9 Å². The molecule has 1 aromatic heterocycles. The van der Waals surface area contributed by atoms with Crippen molar-refractivity contribution < 1.29 is 9.59 Å². The van der Waals surface area contributed by atoms with Crippen LogP contribution < -0.4 is 10.2 Å². The number of anilines is 2. The van der Waals surface area contributed by atoms with Gasteiger partial charge in [-0.3, -0.25) is 14.5 Å². The Kier molecular flexibility index (Phi) is 6.28. The van der Waals surface area contributed by atoms with Gasteiger partial charge < -0.3 is 5.32 Å². The molecule has 1 unspecified atom stereocenters. The highest BCUT2D eigenvalue weighted by Crippen LogP contribution is 2.39. The van der Waals surface area contributed by atoms with Gasteiger partial charge in [0.2, 0.25) is 17.0 Å². The van der Waals surface area contributed by atoms with Gasteiger partial charge >= 0.3 is 0 Å². The Morgan fingerprint density at radius 1 is 0.861 bits per heavy atom. The maximum absolute atomic E-state index is 13.7. The van der Waals surface area contributed by atoms with Crippen LogP contribution in [-0.4, -0.2) is 37.8 Å². The van der Waals surface area contributed by atoms with Crippen LogP contribution in [0.5, 0.6) is 0 Å². The number of nitrogens with one attached hydrogen (secondary N) is 1. The van der Waals surface area contributed by atoms with Gasteiger partial charge in [0, 0.05) is 11.1 Å². The molecule has 7 nitrogen and oxygen atoms in total. The largest absolute Gasteiger partial charge is 0.322 e. The van der Waals surface area contributed by atoms with Crippen molar-refractivity contribution in [1.82, 2.24) is 15.2 Å². The third-order valence-corrected chi connectivity index (χ3v) is 7.06. The van der Waals surface area contributed by atoms with E-state index in [-0.39, 0.29) is 11.8 Å². The topological polar surface area (TPSA) is 88.1 Å². The van der Waals surface area contributed by atoms with Crippen LogP contribution in [0.3, 0.4) is 0 Å². The Bertz CT molecular complexity index is 1430. The van der Waals surface area contributed by atoms with Crippen molar-refractivity contribution in [3.63, 3.8) is 0 Å². The summed E-state index contributed by atoms with van der Waals surface area (Å²) in [6.07, 6.45) is 0. The zero-order valence-electron chi connectivity index (χ0n) is 20.2. The lowest BCUT2D eigenvalue weighted by Crippen LogP contribution is -2.60. The molecule has 180 valence electrons. The molecule has 0 saturated heterocycles. The molecule has 0 radical (unpaired) electrons. The number of hydrogen-bond donors (Lipinski definition) is 1. The molecule has 1 aliphatic rings. The molecule has 1 aliphatic heterocycles. The van der Waals surface area contributed by atoms with Crippen molar-refractivity contribution in [3.05, 3.63) is 84.9 Å². The van der Waals surface area contributed by atoms with E-state index >= 15 is 0 Å². The van der Waals surface area contributed by atoms with Gasteiger partial charge in [0.1, 0.15) is 16.9 Å².